The van der Waals surface area contributed by atoms with E-state index in [4.69, 9.17) is 15.0 Å². The number of benzene rings is 2. The standard InChI is InChI=1S/C22H26N4O3/c1-15(2)16-4-6-17(7-5-16)22-24-21(29-25-22)14-26(13-12-20(23)27)18-8-10-19(28-3)11-9-18/h4-11,15H,12-14H2,1-3H3,(H2,23,27). The van der Waals surface area contributed by atoms with Crippen molar-refractivity contribution in [3.8, 4) is 17.1 Å². The van der Waals surface area contributed by atoms with Crippen molar-refractivity contribution in [2.45, 2.75) is 32.7 Å². The van der Waals surface area contributed by atoms with Crippen molar-refractivity contribution in [1.29, 1.82) is 0 Å². The van der Waals surface area contributed by atoms with Crippen LogP contribution >= 0.6 is 0 Å². The topological polar surface area (TPSA) is 94.5 Å². The molecule has 1 aromatic heterocycles. The molecule has 2 aromatic carbocycles. The molecule has 0 saturated heterocycles. The Bertz CT molecular complexity index is 933. The first-order valence-corrected chi connectivity index (χ1v) is 9.56. The number of amides is 1. The molecule has 7 heteroatoms. The van der Waals surface area contributed by atoms with E-state index in [1.165, 1.54) is 5.56 Å². The van der Waals surface area contributed by atoms with E-state index in [0.717, 1.165) is 17.0 Å². The molecule has 0 aliphatic carbocycles. The van der Waals surface area contributed by atoms with Gasteiger partial charge in [0.05, 0.1) is 13.7 Å². The maximum Gasteiger partial charge on any atom is 0.246 e. The zero-order valence-electron chi connectivity index (χ0n) is 17.0. The van der Waals surface area contributed by atoms with Crippen LogP contribution in [-0.4, -0.2) is 29.7 Å². The molecule has 0 bridgehead atoms. The van der Waals surface area contributed by atoms with Crippen LogP contribution in [0.5, 0.6) is 5.75 Å². The molecular formula is C22H26N4O3. The van der Waals surface area contributed by atoms with E-state index in [1.54, 1.807) is 7.11 Å². The highest BCUT2D eigenvalue weighted by Gasteiger charge is 2.15. The number of hydrogen-bond donors (Lipinski definition) is 1. The summed E-state index contributed by atoms with van der Waals surface area (Å²) >= 11 is 0. The SMILES string of the molecule is COc1ccc(N(CCC(N)=O)Cc2nc(-c3ccc(C(C)C)cc3)no2)cc1. The van der Waals surface area contributed by atoms with Gasteiger partial charge in [-0.3, -0.25) is 4.79 Å². The molecule has 2 N–H and O–H groups in total. The number of methoxy groups -OCH3 is 1. The molecule has 1 amide bonds. The van der Waals surface area contributed by atoms with E-state index in [9.17, 15) is 4.79 Å². The van der Waals surface area contributed by atoms with Crippen LogP contribution in [0.25, 0.3) is 11.4 Å². The molecular weight excluding hydrogens is 368 g/mol. The van der Waals surface area contributed by atoms with Crippen LogP contribution in [-0.2, 0) is 11.3 Å². The summed E-state index contributed by atoms with van der Waals surface area (Å²) in [5.74, 6) is 1.87. The minimum Gasteiger partial charge on any atom is -0.497 e. The van der Waals surface area contributed by atoms with Gasteiger partial charge in [-0.25, -0.2) is 0 Å². The number of nitrogens with two attached hydrogens (primary N) is 1. The second-order valence-corrected chi connectivity index (χ2v) is 7.12. The molecule has 3 aromatic rings. The number of nitrogens with zero attached hydrogens (tertiary/aromatic N) is 3. The smallest absolute Gasteiger partial charge is 0.246 e. The fourth-order valence-electron chi connectivity index (χ4n) is 2.95. The number of primary amides is 1. The Morgan fingerprint density at radius 1 is 1.14 bits per heavy atom. The molecule has 0 spiro atoms. The van der Waals surface area contributed by atoms with Gasteiger partial charge in [-0.2, -0.15) is 4.98 Å². The first-order valence-electron chi connectivity index (χ1n) is 9.56. The Balaban J connectivity index is 1.77. The first-order chi connectivity index (χ1) is 14.0. The molecule has 0 atom stereocenters. The van der Waals surface area contributed by atoms with Gasteiger partial charge in [-0.15, -0.1) is 0 Å². The third-order valence-electron chi connectivity index (χ3n) is 4.70. The fraction of sp³-hybridized carbons (Fsp3) is 0.318. The highest BCUT2D eigenvalue weighted by Crippen LogP contribution is 2.23. The minimum absolute atomic E-state index is 0.226. The van der Waals surface area contributed by atoms with Crippen molar-refractivity contribution >= 4 is 11.6 Å². The predicted molar refractivity (Wildman–Crippen MR) is 112 cm³/mol. The van der Waals surface area contributed by atoms with E-state index < -0.39 is 0 Å². The van der Waals surface area contributed by atoms with Gasteiger partial charge in [0.1, 0.15) is 5.75 Å². The molecule has 0 radical (unpaired) electrons. The lowest BCUT2D eigenvalue weighted by molar-refractivity contribution is -0.117. The van der Waals surface area contributed by atoms with Gasteiger partial charge in [0.15, 0.2) is 0 Å². The second kappa shape index (κ2) is 9.23. The van der Waals surface area contributed by atoms with Gasteiger partial charge in [0, 0.05) is 24.2 Å². The number of carbonyl (C=O) groups excluding carboxylic acids is 1. The summed E-state index contributed by atoms with van der Waals surface area (Å²) in [5.41, 5.74) is 8.40. The Kier molecular flexibility index (Phi) is 6.49. The number of aromatic nitrogens is 2. The second-order valence-electron chi connectivity index (χ2n) is 7.12. The Hall–Kier alpha value is -3.35. The van der Waals surface area contributed by atoms with Crippen LogP contribution in [0.15, 0.2) is 53.1 Å². The van der Waals surface area contributed by atoms with Crippen LogP contribution < -0.4 is 15.4 Å². The van der Waals surface area contributed by atoms with Crippen LogP contribution in [0.4, 0.5) is 5.69 Å². The van der Waals surface area contributed by atoms with Gasteiger partial charge in [-0.05, 0) is 35.7 Å². The van der Waals surface area contributed by atoms with Crippen molar-refractivity contribution < 1.29 is 14.1 Å². The third kappa shape index (κ3) is 5.34. The van der Waals surface area contributed by atoms with Gasteiger partial charge < -0.3 is 19.9 Å². The van der Waals surface area contributed by atoms with Gasteiger partial charge in [-0.1, -0.05) is 43.3 Å². The lowest BCUT2D eigenvalue weighted by Gasteiger charge is -2.22. The Labute approximate surface area is 170 Å². The zero-order chi connectivity index (χ0) is 20.8. The quantitative estimate of drug-likeness (QED) is 0.594. The molecule has 0 saturated carbocycles. The number of hydrogen-bond acceptors (Lipinski definition) is 6. The molecule has 0 unspecified atom stereocenters. The largest absolute Gasteiger partial charge is 0.497 e. The van der Waals surface area contributed by atoms with Crippen molar-refractivity contribution in [1.82, 2.24) is 10.1 Å². The van der Waals surface area contributed by atoms with E-state index >= 15 is 0 Å². The van der Waals surface area contributed by atoms with Gasteiger partial charge in [0.2, 0.25) is 17.6 Å². The molecule has 1 heterocycles. The van der Waals surface area contributed by atoms with Crippen LogP contribution in [0.1, 0.15) is 37.6 Å². The van der Waals surface area contributed by atoms with E-state index in [1.807, 2.05) is 41.3 Å². The summed E-state index contributed by atoms with van der Waals surface area (Å²) in [6.07, 6.45) is 0.226. The maximum absolute atomic E-state index is 11.3. The van der Waals surface area contributed by atoms with Crippen molar-refractivity contribution in [3.05, 3.63) is 60.0 Å². The number of ether oxygens (including phenoxy) is 1. The molecule has 7 nitrogen and oxygen atoms in total. The minimum atomic E-state index is -0.361. The average Bonchev–Trinajstić information content (AvgIpc) is 3.19. The van der Waals surface area contributed by atoms with E-state index in [-0.39, 0.29) is 12.3 Å². The van der Waals surface area contributed by atoms with Crippen LogP contribution in [0.3, 0.4) is 0 Å². The molecule has 29 heavy (non-hydrogen) atoms. The summed E-state index contributed by atoms with van der Waals surface area (Å²) in [7, 11) is 1.62. The zero-order valence-corrected chi connectivity index (χ0v) is 17.0. The monoisotopic (exact) mass is 394 g/mol. The highest BCUT2D eigenvalue weighted by molar-refractivity contribution is 5.74. The molecule has 0 aliphatic rings. The summed E-state index contributed by atoms with van der Waals surface area (Å²) in [6.45, 7) is 5.13. The number of anilines is 1. The molecule has 0 aliphatic heterocycles. The van der Waals surface area contributed by atoms with E-state index in [0.29, 0.717) is 30.7 Å². The van der Waals surface area contributed by atoms with Crippen LogP contribution in [0, 0.1) is 0 Å². The van der Waals surface area contributed by atoms with Gasteiger partial charge >= 0.3 is 0 Å². The predicted octanol–water partition coefficient (Wildman–Crippen LogP) is 3.75. The van der Waals surface area contributed by atoms with E-state index in [2.05, 4.69) is 36.1 Å². The fourth-order valence-corrected chi connectivity index (χ4v) is 2.95. The maximum atomic E-state index is 11.3. The van der Waals surface area contributed by atoms with Gasteiger partial charge in [0.25, 0.3) is 0 Å². The first kappa shape index (κ1) is 20.4. The van der Waals surface area contributed by atoms with Crippen molar-refractivity contribution in [3.63, 3.8) is 0 Å². The highest BCUT2D eigenvalue weighted by atomic mass is 16.5. The molecule has 3 rings (SSSR count). The lowest BCUT2D eigenvalue weighted by atomic mass is 10.0. The summed E-state index contributed by atoms with van der Waals surface area (Å²) < 4.78 is 10.7. The summed E-state index contributed by atoms with van der Waals surface area (Å²) in [6, 6.07) is 15.7. The van der Waals surface area contributed by atoms with Crippen molar-refractivity contribution in [2.24, 2.45) is 5.73 Å². The van der Waals surface area contributed by atoms with Crippen molar-refractivity contribution in [2.75, 3.05) is 18.6 Å². The normalized spacial score (nSPS) is 10.9. The molecule has 152 valence electrons. The third-order valence-corrected chi connectivity index (χ3v) is 4.70. The Morgan fingerprint density at radius 3 is 2.41 bits per heavy atom. The van der Waals surface area contributed by atoms with Crippen LogP contribution in [0.2, 0.25) is 0 Å². The average molecular weight is 394 g/mol. The molecule has 0 fully saturated rings. The Morgan fingerprint density at radius 2 is 1.83 bits per heavy atom. The summed E-state index contributed by atoms with van der Waals surface area (Å²) in [4.78, 5) is 17.8. The lowest BCUT2D eigenvalue weighted by Crippen LogP contribution is -2.27. The number of carbonyl (C=O) groups is 1. The number of rotatable bonds is 9. The summed E-state index contributed by atoms with van der Waals surface area (Å²) in [5, 5.41) is 4.11.